The van der Waals surface area contributed by atoms with Gasteiger partial charge in [0.1, 0.15) is 5.82 Å². The summed E-state index contributed by atoms with van der Waals surface area (Å²) < 4.78 is 13.2. The molecule has 2 aromatic rings. The summed E-state index contributed by atoms with van der Waals surface area (Å²) in [5.41, 5.74) is 8.98. The largest absolute Gasteiger partial charge is 0.397 e. The minimum atomic E-state index is -0.289. The Balaban J connectivity index is 2.21. The highest BCUT2D eigenvalue weighted by Crippen LogP contribution is 2.24. The summed E-state index contributed by atoms with van der Waals surface area (Å²) in [6.45, 7) is 2.54. The van der Waals surface area contributed by atoms with Crippen LogP contribution in [-0.2, 0) is 6.54 Å². The van der Waals surface area contributed by atoms with Gasteiger partial charge in [-0.05, 0) is 37.3 Å². The number of hydrogen-bond acceptors (Lipinski definition) is 3. The van der Waals surface area contributed by atoms with E-state index in [1.165, 1.54) is 12.1 Å². The number of halogens is 1. The molecule has 0 bridgehead atoms. The van der Waals surface area contributed by atoms with Gasteiger partial charge in [0.15, 0.2) is 0 Å². The summed E-state index contributed by atoms with van der Waals surface area (Å²) in [6, 6.07) is 10.2. The predicted octanol–water partition coefficient (Wildman–Crippen LogP) is 2.75. The van der Waals surface area contributed by atoms with Crippen molar-refractivity contribution < 1.29 is 4.39 Å². The molecule has 94 valence electrons. The summed E-state index contributed by atoms with van der Waals surface area (Å²) in [6.07, 6.45) is 0. The van der Waals surface area contributed by atoms with Crippen LogP contribution in [0, 0.1) is 12.7 Å². The van der Waals surface area contributed by atoms with Crippen LogP contribution < -0.4 is 10.6 Å². The Morgan fingerprint density at radius 3 is 2.78 bits per heavy atom. The van der Waals surface area contributed by atoms with Crippen LogP contribution >= 0.6 is 0 Å². The Morgan fingerprint density at radius 1 is 1.28 bits per heavy atom. The molecule has 0 saturated heterocycles. The number of pyridine rings is 1. The number of anilines is 2. The normalized spacial score (nSPS) is 10.4. The van der Waals surface area contributed by atoms with E-state index in [9.17, 15) is 4.39 Å². The number of rotatable bonds is 3. The number of nitrogens with zero attached hydrogens (tertiary/aromatic N) is 2. The van der Waals surface area contributed by atoms with E-state index in [2.05, 4.69) is 4.98 Å². The zero-order valence-corrected chi connectivity index (χ0v) is 10.5. The van der Waals surface area contributed by atoms with E-state index in [1.54, 1.807) is 6.07 Å². The van der Waals surface area contributed by atoms with Gasteiger partial charge in [0.2, 0.25) is 0 Å². The lowest BCUT2D eigenvalue weighted by Gasteiger charge is -2.20. The third-order valence-electron chi connectivity index (χ3n) is 2.75. The van der Waals surface area contributed by atoms with Crippen LogP contribution in [-0.4, -0.2) is 12.0 Å². The number of benzene rings is 1. The summed E-state index contributed by atoms with van der Waals surface area (Å²) >= 11 is 0. The van der Waals surface area contributed by atoms with E-state index >= 15 is 0 Å². The van der Waals surface area contributed by atoms with Crippen LogP contribution in [0.2, 0.25) is 0 Å². The molecule has 1 heterocycles. The maximum absolute atomic E-state index is 13.2. The molecule has 4 heteroatoms. The third kappa shape index (κ3) is 2.77. The summed E-state index contributed by atoms with van der Waals surface area (Å²) in [7, 11) is 1.87. The first-order chi connectivity index (χ1) is 8.56. The molecule has 1 aromatic carbocycles. The SMILES string of the molecule is Cc1cccc(CN(C)c2cc(F)ccc2N)n1. The molecule has 0 fully saturated rings. The second-order valence-corrected chi connectivity index (χ2v) is 4.33. The number of aromatic nitrogens is 1. The van der Waals surface area contributed by atoms with Crippen molar-refractivity contribution in [2.45, 2.75) is 13.5 Å². The second-order valence-electron chi connectivity index (χ2n) is 4.33. The Hall–Kier alpha value is -2.10. The first-order valence-corrected chi connectivity index (χ1v) is 5.75. The van der Waals surface area contributed by atoms with Crippen molar-refractivity contribution in [3.8, 4) is 0 Å². The zero-order chi connectivity index (χ0) is 13.1. The van der Waals surface area contributed by atoms with E-state index in [-0.39, 0.29) is 5.82 Å². The summed E-state index contributed by atoms with van der Waals surface area (Å²) in [4.78, 5) is 6.30. The fraction of sp³-hybridized carbons (Fsp3) is 0.214. The standard InChI is InChI=1S/C14H16FN3/c1-10-4-3-5-12(17-10)9-18(2)14-8-11(15)6-7-13(14)16/h3-8H,9,16H2,1-2H3. The van der Waals surface area contributed by atoms with Crippen molar-refractivity contribution in [2.75, 3.05) is 17.7 Å². The highest BCUT2D eigenvalue weighted by atomic mass is 19.1. The topological polar surface area (TPSA) is 42.1 Å². The summed E-state index contributed by atoms with van der Waals surface area (Å²) in [5, 5.41) is 0. The van der Waals surface area contributed by atoms with Gasteiger partial charge in [-0.25, -0.2) is 4.39 Å². The smallest absolute Gasteiger partial charge is 0.125 e. The maximum atomic E-state index is 13.2. The molecule has 18 heavy (non-hydrogen) atoms. The van der Waals surface area contributed by atoms with Crippen molar-refractivity contribution in [1.29, 1.82) is 0 Å². The van der Waals surface area contributed by atoms with E-state index in [4.69, 9.17) is 5.73 Å². The van der Waals surface area contributed by atoms with Gasteiger partial charge >= 0.3 is 0 Å². The molecule has 0 unspecified atom stereocenters. The molecule has 2 N–H and O–H groups in total. The van der Waals surface area contributed by atoms with Gasteiger partial charge in [-0.15, -0.1) is 0 Å². The maximum Gasteiger partial charge on any atom is 0.125 e. The molecule has 0 saturated carbocycles. The van der Waals surface area contributed by atoms with Crippen molar-refractivity contribution in [2.24, 2.45) is 0 Å². The van der Waals surface area contributed by atoms with Gasteiger partial charge in [0.25, 0.3) is 0 Å². The minimum Gasteiger partial charge on any atom is -0.397 e. The molecule has 2 rings (SSSR count). The molecule has 0 radical (unpaired) electrons. The first-order valence-electron chi connectivity index (χ1n) is 5.75. The van der Waals surface area contributed by atoms with Crippen LogP contribution in [0.15, 0.2) is 36.4 Å². The summed E-state index contributed by atoms with van der Waals surface area (Å²) in [5.74, 6) is -0.289. The Labute approximate surface area is 106 Å². The molecule has 0 atom stereocenters. The Bertz CT molecular complexity index is 554. The van der Waals surface area contributed by atoms with Crippen molar-refractivity contribution in [3.05, 3.63) is 53.6 Å². The number of hydrogen-bond donors (Lipinski definition) is 1. The Morgan fingerprint density at radius 2 is 2.06 bits per heavy atom. The van der Waals surface area contributed by atoms with Crippen LogP contribution in [0.25, 0.3) is 0 Å². The second kappa shape index (κ2) is 5.04. The quantitative estimate of drug-likeness (QED) is 0.845. The Kier molecular flexibility index (Phi) is 3.46. The minimum absolute atomic E-state index is 0.289. The van der Waals surface area contributed by atoms with Crippen molar-refractivity contribution in [3.63, 3.8) is 0 Å². The lowest BCUT2D eigenvalue weighted by Crippen LogP contribution is -2.18. The van der Waals surface area contributed by atoms with Gasteiger partial charge in [-0.3, -0.25) is 4.98 Å². The molecule has 0 spiro atoms. The fourth-order valence-corrected chi connectivity index (χ4v) is 1.86. The van der Waals surface area contributed by atoms with Crippen molar-refractivity contribution in [1.82, 2.24) is 4.98 Å². The van der Waals surface area contributed by atoms with Gasteiger partial charge < -0.3 is 10.6 Å². The molecule has 3 nitrogen and oxygen atoms in total. The van der Waals surface area contributed by atoms with Gasteiger partial charge in [-0.2, -0.15) is 0 Å². The van der Waals surface area contributed by atoms with Gasteiger partial charge in [-0.1, -0.05) is 6.07 Å². The molecule has 0 aliphatic carbocycles. The highest BCUT2D eigenvalue weighted by Gasteiger charge is 2.08. The molecule has 0 amide bonds. The van der Waals surface area contributed by atoms with Gasteiger partial charge in [0, 0.05) is 12.7 Å². The molecule has 0 aliphatic rings. The molecular formula is C14H16FN3. The van der Waals surface area contributed by atoms with Crippen LogP contribution in [0.1, 0.15) is 11.4 Å². The molecule has 0 aliphatic heterocycles. The first kappa shape index (κ1) is 12.4. The van der Waals surface area contributed by atoms with E-state index in [0.717, 1.165) is 11.4 Å². The average molecular weight is 245 g/mol. The van der Waals surface area contributed by atoms with Crippen LogP contribution in [0.4, 0.5) is 15.8 Å². The predicted molar refractivity (Wildman–Crippen MR) is 71.9 cm³/mol. The number of aryl methyl sites for hydroxylation is 1. The average Bonchev–Trinajstić information content (AvgIpc) is 2.32. The number of nitrogen functional groups attached to an aromatic ring is 1. The van der Waals surface area contributed by atoms with E-state index in [1.807, 2.05) is 37.1 Å². The third-order valence-corrected chi connectivity index (χ3v) is 2.75. The lowest BCUT2D eigenvalue weighted by molar-refractivity contribution is 0.627. The van der Waals surface area contributed by atoms with Crippen LogP contribution in [0.3, 0.4) is 0 Å². The molecular weight excluding hydrogens is 229 g/mol. The fourth-order valence-electron chi connectivity index (χ4n) is 1.86. The van der Waals surface area contributed by atoms with Crippen molar-refractivity contribution >= 4 is 11.4 Å². The van der Waals surface area contributed by atoms with E-state index < -0.39 is 0 Å². The monoisotopic (exact) mass is 245 g/mol. The lowest BCUT2D eigenvalue weighted by atomic mass is 10.2. The van der Waals surface area contributed by atoms with Gasteiger partial charge in [0.05, 0.1) is 23.6 Å². The molecule has 1 aromatic heterocycles. The zero-order valence-electron chi connectivity index (χ0n) is 10.5. The van der Waals surface area contributed by atoms with E-state index in [0.29, 0.717) is 17.9 Å². The number of nitrogens with two attached hydrogens (primary N) is 1. The van der Waals surface area contributed by atoms with Crippen LogP contribution in [0.5, 0.6) is 0 Å². The highest BCUT2D eigenvalue weighted by molar-refractivity contribution is 5.67.